The van der Waals surface area contributed by atoms with Gasteiger partial charge in [-0.15, -0.1) is 4.40 Å². The van der Waals surface area contributed by atoms with Crippen molar-refractivity contribution >= 4 is 32.8 Å². The van der Waals surface area contributed by atoms with Crippen LogP contribution in [0.15, 0.2) is 34.9 Å². The summed E-state index contributed by atoms with van der Waals surface area (Å²) in [5.74, 6) is -0.279. The summed E-state index contributed by atoms with van der Waals surface area (Å²) in [6.45, 7) is 0. The fourth-order valence-corrected chi connectivity index (χ4v) is 1.75. The van der Waals surface area contributed by atoms with E-state index in [1.54, 1.807) is 18.3 Å². The number of anilines is 1. The summed E-state index contributed by atoms with van der Waals surface area (Å²) < 4.78 is 24.4. The van der Waals surface area contributed by atoms with Gasteiger partial charge in [-0.2, -0.15) is 8.42 Å². The van der Waals surface area contributed by atoms with Gasteiger partial charge in [-0.05, 0) is 23.6 Å². The van der Waals surface area contributed by atoms with Crippen molar-refractivity contribution in [3.05, 3.63) is 30.5 Å². The SMILES string of the molecule is NC(=NS(N)(=O)=O)Nc1ccc2cc[nH]c2c1. The van der Waals surface area contributed by atoms with E-state index in [9.17, 15) is 8.42 Å². The van der Waals surface area contributed by atoms with E-state index in [2.05, 4.69) is 14.7 Å². The maximum absolute atomic E-state index is 10.7. The number of fused-ring (bicyclic) bond motifs is 1. The normalized spacial score (nSPS) is 12.9. The lowest BCUT2D eigenvalue weighted by atomic mass is 10.2. The molecule has 0 aliphatic rings. The number of nitrogens with two attached hydrogens (primary N) is 2. The van der Waals surface area contributed by atoms with Crippen LogP contribution in [0.4, 0.5) is 5.69 Å². The number of nitrogens with zero attached hydrogens (tertiary/aromatic N) is 1. The Morgan fingerprint density at radius 2 is 2.12 bits per heavy atom. The molecule has 1 aromatic carbocycles. The smallest absolute Gasteiger partial charge is 0.320 e. The van der Waals surface area contributed by atoms with E-state index in [0.717, 1.165) is 10.9 Å². The molecule has 0 bridgehead atoms. The Balaban J connectivity index is 2.26. The van der Waals surface area contributed by atoms with E-state index < -0.39 is 10.2 Å². The van der Waals surface area contributed by atoms with Crippen molar-refractivity contribution < 1.29 is 8.42 Å². The maximum Gasteiger partial charge on any atom is 0.320 e. The molecule has 1 heterocycles. The molecule has 0 atom stereocenters. The van der Waals surface area contributed by atoms with Gasteiger partial charge in [0.1, 0.15) is 0 Å². The van der Waals surface area contributed by atoms with Gasteiger partial charge in [0.25, 0.3) is 0 Å². The van der Waals surface area contributed by atoms with Crippen LogP contribution in [0.1, 0.15) is 0 Å². The molecule has 0 unspecified atom stereocenters. The first-order chi connectivity index (χ1) is 7.94. The van der Waals surface area contributed by atoms with Gasteiger partial charge in [0.05, 0.1) is 0 Å². The fraction of sp³-hybridized carbons (Fsp3) is 0. The molecule has 0 radical (unpaired) electrons. The van der Waals surface area contributed by atoms with Gasteiger partial charge >= 0.3 is 10.2 Å². The first-order valence-corrected chi connectivity index (χ1v) is 6.17. The molecular weight excluding hydrogens is 242 g/mol. The molecule has 1 aromatic heterocycles. The van der Waals surface area contributed by atoms with E-state index in [0.29, 0.717) is 5.69 Å². The van der Waals surface area contributed by atoms with Crippen molar-refractivity contribution in [3.63, 3.8) is 0 Å². The quantitative estimate of drug-likeness (QED) is 0.447. The zero-order valence-electron chi connectivity index (χ0n) is 8.71. The first kappa shape index (κ1) is 11.4. The van der Waals surface area contributed by atoms with Crippen LogP contribution in [0.3, 0.4) is 0 Å². The zero-order valence-corrected chi connectivity index (χ0v) is 9.53. The molecule has 0 aliphatic heterocycles. The molecule has 8 heteroatoms. The minimum Gasteiger partial charge on any atom is -0.369 e. The van der Waals surface area contributed by atoms with Crippen LogP contribution in [-0.4, -0.2) is 19.4 Å². The van der Waals surface area contributed by atoms with Crippen molar-refractivity contribution in [1.82, 2.24) is 4.98 Å². The van der Waals surface area contributed by atoms with E-state index in [4.69, 9.17) is 10.9 Å². The molecule has 0 spiro atoms. The topological polar surface area (TPSA) is 126 Å². The third-order valence-corrected chi connectivity index (χ3v) is 2.50. The second-order valence-corrected chi connectivity index (χ2v) is 4.61. The summed E-state index contributed by atoms with van der Waals surface area (Å²) in [5, 5.41) is 8.39. The Bertz CT molecular complexity index is 674. The number of hydrogen-bond acceptors (Lipinski definition) is 2. The van der Waals surface area contributed by atoms with Crippen LogP contribution < -0.4 is 16.2 Å². The van der Waals surface area contributed by atoms with Gasteiger partial charge in [0.15, 0.2) is 0 Å². The molecular formula is C9H11N5O2S. The van der Waals surface area contributed by atoms with E-state index >= 15 is 0 Å². The van der Waals surface area contributed by atoms with Crippen LogP contribution in [-0.2, 0) is 10.2 Å². The van der Waals surface area contributed by atoms with Crippen molar-refractivity contribution in [2.75, 3.05) is 5.32 Å². The highest BCUT2D eigenvalue weighted by Crippen LogP contribution is 2.17. The minimum absolute atomic E-state index is 0.279. The number of benzene rings is 1. The summed E-state index contributed by atoms with van der Waals surface area (Å²) >= 11 is 0. The van der Waals surface area contributed by atoms with E-state index in [1.807, 2.05) is 12.1 Å². The third-order valence-electron chi connectivity index (χ3n) is 2.05. The Kier molecular flexibility index (Phi) is 2.74. The van der Waals surface area contributed by atoms with Crippen molar-refractivity contribution in [3.8, 4) is 0 Å². The molecule has 2 rings (SSSR count). The van der Waals surface area contributed by atoms with E-state index in [1.165, 1.54) is 0 Å². The summed E-state index contributed by atoms with van der Waals surface area (Å²) in [6, 6.07) is 7.31. The molecule has 90 valence electrons. The molecule has 7 nitrogen and oxygen atoms in total. The van der Waals surface area contributed by atoms with Gasteiger partial charge in [-0.3, -0.25) is 0 Å². The molecule has 0 aliphatic carbocycles. The highest BCUT2D eigenvalue weighted by molar-refractivity contribution is 7.88. The lowest BCUT2D eigenvalue weighted by molar-refractivity contribution is 0.599. The third kappa shape index (κ3) is 2.95. The monoisotopic (exact) mass is 253 g/mol. The molecule has 0 fully saturated rings. The standard InChI is InChI=1S/C9H11N5O2S/c10-9(14-17(11,15)16)13-7-2-1-6-3-4-12-8(6)5-7/h1-5,12H,(H3,10,13,14)(H2,11,15,16). The number of aromatic nitrogens is 1. The number of nitrogens with one attached hydrogen (secondary N) is 2. The van der Waals surface area contributed by atoms with Crippen molar-refractivity contribution in [1.29, 1.82) is 0 Å². The van der Waals surface area contributed by atoms with Crippen LogP contribution in [0.25, 0.3) is 10.9 Å². The second-order valence-electron chi connectivity index (χ2n) is 3.40. The highest BCUT2D eigenvalue weighted by Gasteiger charge is 2.02. The van der Waals surface area contributed by atoms with Crippen LogP contribution in [0.5, 0.6) is 0 Å². The Labute approximate surface area is 97.7 Å². The van der Waals surface area contributed by atoms with Crippen LogP contribution in [0, 0.1) is 0 Å². The highest BCUT2D eigenvalue weighted by atomic mass is 32.2. The van der Waals surface area contributed by atoms with Gasteiger partial charge < -0.3 is 16.0 Å². The van der Waals surface area contributed by atoms with Crippen molar-refractivity contribution in [2.45, 2.75) is 0 Å². The second kappa shape index (κ2) is 4.07. The molecule has 0 saturated heterocycles. The summed E-state index contributed by atoms with van der Waals surface area (Å²) in [7, 11) is -3.98. The summed E-state index contributed by atoms with van der Waals surface area (Å²) in [6.07, 6.45) is 1.80. The number of H-pyrrole nitrogens is 1. The number of rotatable bonds is 2. The Morgan fingerprint density at radius 1 is 1.35 bits per heavy atom. The Hall–Kier alpha value is -2.06. The summed E-state index contributed by atoms with van der Waals surface area (Å²) in [5.41, 5.74) is 6.90. The molecule has 0 amide bonds. The van der Waals surface area contributed by atoms with Gasteiger partial charge in [-0.1, -0.05) is 6.07 Å². The zero-order chi connectivity index (χ0) is 12.5. The van der Waals surface area contributed by atoms with Crippen LogP contribution in [0.2, 0.25) is 0 Å². The Morgan fingerprint density at radius 3 is 2.82 bits per heavy atom. The largest absolute Gasteiger partial charge is 0.369 e. The number of hydrogen-bond donors (Lipinski definition) is 4. The lowest BCUT2D eigenvalue weighted by Gasteiger charge is -2.04. The van der Waals surface area contributed by atoms with Gasteiger partial charge in [0, 0.05) is 17.4 Å². The summed E-state index contributed by atoms with van der Waals surface area (Å²) in [4.78, 5) is 3.02. The predicted molar refractivity (Wildman–Crippen MR) is 66.7 cm³/mol. The molecule has 0 saturated carbocycles. The van der Waals surface area contributed by atoms with Crippen LogP contribution >= 0.6 is 0 Å². The lowest BCUT2D eigenvalue weighted by Crippen LogP contribution is -2.25. The molecule has 17 heavy (non-hydrogen) atoms. The fourth-order valence-electron chi connectivity index (χ4n) is 1.43. The van der Waals surface area contributed by atoms with Gasteiger partial charge in [-0.25, -0.2) is 5.14 Å². The average Bonchev–Trinajstić information content (AvgIpc) is 2.61. The molecule has 2 aromatic rings. The predicted octanol–water partition coefficient (Wildman–Crippen LogP) is 0.0980. The van der Waals surface area contributed by atoms with E-state index in [-0.39, 0.29) is 5.96 Å². The number of guanidine groups is 1. The molecule has 6 N–H and O–H groups in total. The average molecular weight is 253 g/mol. The minimum atomic E-state index is -3.98. The first-order valence-electron chi connectivity index (χ1n) is 4.66. The maximum atomic E-state index is 10.7. The van der Waals surface area contributed by atoms with Crippen molar-refractivity contribution in [2.24, 2.45) is 15.3 Å². The number of aromatic amines is 1. The van der Waals surface area contributed by atoms with Gasteiger partial charge in [0.2, 0.25) is 5.96 Å².